The van der Waals surface area contributed by atoms with Crippen LogP contribution in [0, 0.1) is 41.5 Å². The van der Waals surface area contributed by atoms with E-state index in [-0.39, 0.29) is 22.6 Å². The zero-order chi connectivity index (χ0) is 25.3. The Morgan fingerprint density at radius 1 is 0.706 bits per heavy atom. The Hall–Kier alpha value is -3.30. The van der Waals surface area contributed by atoms with Crippen LogP contribution in [0.25, 0.3) is 0 Å². The number of benzene rings is 3. The van der Waals surface area contributed by atoms with Crippen LogP contribution in [0.1, 0.15) is 59.7 Å². The van der Waals surface area contributed by atoms with Gasteiger partial charge in [-0.3, -0.25) is 4.79 Å². The largest absolute Gasteiger partial charge is 0.492 e. The average molecular weight is 478 g/mol. The van der Waals surface area contributed by atoms with E-state index in [0.717, 1.165) is 22.3 Å². The first-order chi connectivity index (χ1) is 16.1. The molecule has 6 heteroatoms. The molecule has 1 atom stereocenters. The first kappa shape index (κ1) is 25.3. The summed E-state index contributed by atoms with van der Waals surface area (Å²) < 4.78 is 25.1. The van der Waals surface area contributed by atoms with E-state index in [1.165, 1.54) is 14.2 Å². The van der Waals surface area contributed by atoms with Gasteiger partial charge in [0.1, 0.15) is 0 Å². The summed E-state index contributed by atoms with van der Waals surface area (Å²) in [7, 11) is 0.295. The fourth-order valence-electron chi connectivity index (χ4n) is 4.54. The lowest BCUT2D eigenvalue weighted by Gasteiger charge is -2.17. The van der Waals surface area contributed by atoms with Gasteiger partial charge >= 0.3 is 13.3 Å². The van der Waals surface area contributed by atoms with E-state index in [9.17, 15) is 14.2 Å². The number of ketones is 1. The van der Waals surface area contributed by atoms with E-state index in [1.54, 1.807) is 38.1 Å². The molecule has 0 bridgehead atoms. The van der Waals surface area contributed by atoms with Gasteiger partial charge in [0.25, 0.3) is 5.30 Å². The normalized spacial score (nSPS) is 11.2. The Morgan fingerprint density at radius 3 is 1.74 bits per heavy atom. The predicted octanol–water partition coefficient (Wildman–Crippen LogP) is 6.08. The Kier molecular flexibility index (Phi) is 7.38. The summed E-state index contributed by atoms with van der Waals surface area (Å²) in [6.45, 7) is 11.1. The Bertz CT molecular complexity index is 1290. The quantitative estimate of drug-likeness (QED) is 0.305. The van der Waals surface area contributed by atoms with Crippen LogP contribution in [0.15, 0.2) is 36.4 Å². The molecule has 0 saturated heterocycles. The molecule has 0 amide bonds. The van der Waals surface area contributed by atoms with Crippen molar-refractivity contribution in [3.8, 4) is 11.5 Å². The maximum Gasteiger partial charge on any atom is 0.466 e. The van der Waals surface area contributed by atoms with Crippen LogP contribution < -0.4 is 14.8 Å². The maximum atomic E-state index is 13.8. The number of methoxy groups -OCH3 is 2. The zero-order valence-electron chi connectivity index (χ0n) is 21.0. The molecule has 3 aromatic rings. The van der Waals surface area contributed by atoms with Crippen molar-refractivity contribution >= 4 is 24.4 Å². The summed E-state index contributed by atoms with van der Waals surface area (Å²) in [5, 5.41) is 0.182. The summed E-state index contributed by atoms with van der Waals surface area (Å²) in [6, 6.07) is 10.8. The van der Waals surface area contributed by atoms with Gasteiger partial charge in [0.05, 0.1) is 19.8 Å². The van der Waals surface area contributed by atoms with Gasteiger partial charge in [-0.1, -0.05) is 41.0 Å². The number of aryl methyl sites for hydroxylation is 2. The van der Waals surface area contributed by atoms with Gasteiger partial charge < -0.3 is 9.47 Å². The average Bonchev–Trinajstić information content (AvgIpc) is 2.82. The van der Waals surface area contributed by atoms with Gasteiger partial charge in [-0.05, 0) is 63.8 Å². The first-order valence-corrected chi connectivity index (χ1v) is 12.3. The lowest BCUT2D eigenvalue weighted by atomic mass is 9.93. The highest BCUT2D eigenvalue weighted by atomic mass is 31.1. The number of carbonyl (C=O) groups is 2. The standard InChI is InChI=1S/C28H30O5P/c1-15-14-16(2)22(18(4)17(15)3)28(30)34(31)27-25(32-7)19(5)23(20(6)26(27)33-8)24(29)21-12-10-9-11-13-21/h9-14H,1-8H3/q+1. The van der Waals surface area contributed by atoms with E-state index in [4.69, 9.17) is 9.47 Å². The first-order valence-electron chi connectivity index (χ1n) is 11.0. The third-order valence-corrected chi connectivity index (χ3v) is 7.90. The SMILES string of the molecule is COc1c(C)c(C(=O)c2ccccc2)c(C)c(OC)c1[P+](=O)C(=O)c1c(C)cc(C)c(C)c1C. The van der Waals surface area contributed by atoms with Gasteiger partial charge in [-0.25, -0.2) is 4.79 Å². The molecule has 0 saturated carbocycles. The van der Waals surface area contributed by atoms with E-state index in [1.807, 2.05) is 39.8 Å². The maximum absolute atomic E-state index is 13.8. The van der Waals surface area contributed by atoms with Gasteiger partial charge in [0.15, 0.2) is 17.3 Å². The van der Waals surface area contributed by atoms with Crippen LogP contribution >= 0.6 is 7.80 Å². The molecule has 3 rings (SSSR count). The third kappa shape index (κ3) is 4.17. The molecule has 0 heterocycles. The van der Waals surface area contributed by atoms with Gasteiger partial charge in [-0.2, -0.15) is 0 Å². The molecule has 34 heavy (non-hydrogen) atoms. The molecule has 0 radical (unpaired) electrons. The van der Waals surface area contributed by atoms with Crippen LogP contribution in [0.5, 0.6) is 11.5 Å². The van der Waals surface area contributed by atoms with Crippen molar-refractivity contribution in [3.63, 3.8) is 0 Å². The highest BCUT2D eigenvalue weighted by molar-refractivity contribution is 7.72. The molecule has 1 unspecified atom stereocenters. The summed E-state index contributed by atoms with van der Waals surface area (Å²) in [5.41, 5.74) is 5.61. The zero-order valence-corrected chi connectivity index (χ0v) is 21.8. The second-order valence-corrected chi connectivity index (χ2v) is 9.91. The number of hydrogen-bond donors (Lipinski definition) is 0. The number of ether oxygens (including phenoxy) is 2. The topological polar surface area (TPSA) is 69.7 Å². The lowest BCUT2D eigenvalue weighted by molar-refractivity contribution is 0.103. The minimum absolute atomic E-state index is 0.182. The minimum atomic E-state index is -2.59. The predicted molar refractivity (Wildman–Crippen MR) is 136 cm³/mol. The van der Waals surface area contributed by atoms with Crippen molar-refractivity contribution in [1.82, 2.24) is 0 Å². The van der Waals surface area contributed by atoms with Crippen molar-refractivity contribution in [2.24, 2.45) is 0 Å². The van der Waals surface area contributed by atoms with Crippen LogP contribution in [0.3, 0.4) is 0 Å². The van der Waals surface area contributed by atoms with Crippen LogP contribution in [0.4, 0.5) is 0 Å². The van der Waals surface area contributed by atoms with Crippen LogP contribution in [-0.4, -0.2) is 25.5 Å². The van der Waals surface area contributed by atoms with E-state index < -0.39 is 13.3 Å². The summed E-state index contributed by atoms with van der Waals surface area (Å²) in [5.74, 6) is 0.270. The Balaban J connectivity index is 2.26. The molecule has 5 nitrogen and oxygen atoms in total. The second kappa shape index (κ2) is 9.90. The van der Waals surface area contributed by atoms with Crippen LogP contribution in [0.2, 0.25) is 0 Å². The molecule has 0 aliphatic carbocycles. The molecular weight excluding hydrogens is 447 g/mol. The van der Waals surface area contributed by atoms with E-state index in [2.05, 4.69) is 0 Å². The highest BCUT2D eigenvalue weighted by Gasteiger charge is 2.44. The van der Waals surface area contributed by atoms with Gasteiger partial charge in [0, 0.05) is 22.3 Å². The fraction of sp³-hybridized carbons (Fsp3) is 0.286. The summed E-state index contributed by atoms with van der Waals surface area (Å²) in [4.78, 5) is 27.0. The molecule has 0 fully saturated rings. The molecule has 0 aliphatic rings. The smallest absolute Gasteiger partial charge is 0.466 e. The fourth-order valence-corrected chi connectivity index (χ4v) is 6.18. The van der Waals surface area contributed by atoms with Crippen molar-refractivity contribution in [3.05, 3.63) is 86.5 Å². The molecule has 3 aromatic carbocycles. The van der Waals surface area contributed by atoms with Crippen molar-refractivity contribution in [1.29, 1.82) is 0 Å². The number of rotatable bonds is 7. The van der Waals surface area contributed by atoms with Gasteiger partial charge in [0.2, 0.25) is 0 Å². The Morgan fingerprint density at radius 2 is 1.24 bits per heavy atom. The van der Waals surface area contributed by atoms with Crippen LogP contribution in [-0.2, 0) is 4.57 Å². The van der Waals surface area contributed by atoms with Crippen molar-refractivity contribution < 1.29 is 23.6 Å². The van der Waals surface area contributed by atoms with E-state index >= 15 is 0 Å². The Labute approximate surface area is 201 Å². The molecule has 0 aromatic heterocycles. The monoisotopic (exact) mass is 477 g/mol. The molecule has 176 valence electrons. The second-order valence-electron chi connectivity index (χ2n) is 8.47. The van der Waals surface area contributed by atoms with Crippen molar-refractivity contribution in [2.75, 3.05) is 14.2 Å². The molecule has 0 spiro atoms. The highest BCUT2D eigenvalue weighted by Crippen LogP contribution is 2.42. The summed E-state index contributed by atoms with van der Waals surface area (Å²) in [6.07, 6.45) is 0. The third-order valence-electron chi connectivity index (χ3n) is 6.49. The number of carbonyl (C=O) groups excluding carboxylic acids is 2. The lowest BCUT2D eigenvalue weighted by Crippen LogP contribution is -2.19. The van der Waals surface area contributed by atoms with Crippen molar-refractivity contribution in [2.45, 2.75) is 41.5 Å². The van der Waals surface area contributed by atoms with Gasteiger partial charge in [-0.15, -0.1) is 0 Å². The minimum Gasteiger partial charge on any atom is -0.492 e. The molecule has 0 aliphatic heterocycles. The molecule has 0 N–H and O–H groups in total. The van der Waals surface area contributed by atoms with E-state index in [0.29, 0.717) is 27.8 Å². The number of hydrogen-bond acceptors (Lipinski definition) is 5. The molecular formula is C28H30O5P+. The summed E-state index contributed by atoms with van der Waals surface area (Å²) >= 11 is 0.